The monoisotopic (exact) mass is 622 g/mol. The van der Waals surface area contributed by atoms with E-state index in [1.165, 1.54) is 0 Å². The fraction of sp³-hybridized carbons (Fsp3) is 0. The first-order valence-electron chi connectivity index (χ1n) is 15.8. The maximum absolute atomic E-state index is 12.3. The molecule has 0 aliphatic heterocycles. The molecule has 8 rings (SSSR count). The van der Waals surface area contributed by atoms with E-state index in [-0.39, 0.29) is 23.0 Å². The molecule has 0 radical (unpaired) electrons. The zero-order valence-electron chi connectivity index (χ0n) is 25.8. The summed E-state index contributed by atoms with van der Waals surface area (Å²) in [6, 6.07) is 49.4. The van der Waals surface area contributed by atoms with E-state index in [4.69, 9.17) is 0 Å². The van der Waals surface area contributed by atoms with Gasteiger partial charge in [0.15, 0.2) is 0 Å². The molecule has 4 N–H and O–H groups in total. The highest BCUT2D eigenvalue weighted by molar-refractivity contribution is 6.14. The second kappa shape index (κ2) is 11.7. The molecule has 0 aromatic heterocycles. The summed E-state index contributed by atoms with van der Waals surface area (Å²) in [5.74, 6) is -0.0560. The van der Waals surface area contributed by atoms with Crippen LogP contribution in [0.15, 0.2) is 158 Å². The van der Waals surface area contributed by atoms with Crippen molar-refractivity contribution in [1.82, 2.24) is 0 Å². The molecule has 230 valence electrons. The van der Waals surface area contributed by atoms with Gasteiger partial charge in [-0.3, -0.25) is 0 Å². The van der Waals surface area contributed by atoms with E-state index >= 15 is 0 Å². The summed E-state index contributed by atoms with van der Waals surface area (Å²) in [6.07, 6.45) is 0. The molecule has 0 unspecified atom stereocenters. The van der Waals surface area contributed by atoms with Crippen molar-refractivity contribution >= 4 is 21.5 Å². The highest BCUT2D eigenvalue weighted by Gasteiger charge is 2.25. The van der Waals surface area contributed by atoms with Crippen molar-refractivity contribution in [2.24, 2.45) is 0 Å². The van der Waals surface area contributed by atoms with Crippen molar-refractivity contribution in [3.63, 3.8) is 0 Å². The lowest BCUT2D eigenvalue weighted by molar-refractivity contribution is 0.467. The lowest BCUT2D eigenvalue weighted by atomic mass is 9.85. The van der Waals surface area contributed by atoms with Gasteiger partial charge >= 0.3 is 0 Å². The first kappa shape index (κ1) is 28.9. The predicted octanol–water partition coefficient (Wildman–Crippen LogP) is 11.2. The molecule has 0 saturated heterocycles. The third kappa shape index (κ3) is 4.70. The number of phenolic OH excluding ortho intramolecular Hbond substituents is 4. The van der Waals surface area contributed by atoms with Crippen LogP contribution in [-0.2, 0) is 0 Å². The van der Waals surface area contributed by atoms with Gasteiger partial charge in [0.1, 0.15) is 23.0 Å². The van der Waals surface area contributed by atoms with Gasteiger partial charge in [-0.2, -0.15) is 0 Å². The van der Waals surface area contributed by atoms with Crippen molar-refractivity contribution in [1.29, 1.82) is 0 Å². The molecule has 0 spiro atoms. The van der Waals surface area contributed by atoms with Crippen molar-refractivity contribution < 1.29 is 20.4 Å². The second-order valence-corrected chi connectivity index (χ2v) is 11.9. The zero-order chi connectivity index (χ0) is 32.8. The first-order valence-corrected chi connectivity index (χ1v) is 15.8. The van der Waals surface area contributed by atoms with Gasteiger partial charge < -0.3 is 20.4 Å². The molecule has 4 nitrogen and oxygen atoms in total. The SMILES string of the molecule is Oc1c(-c2ccccc2)cccc1-c1cc2ccccc2c(-c2c(O)c(-c3cccc(-c4ccccc4)c3O)cc3ccccc23)c1O. The molecule has 48 heavy (non-hydrogen) atoms. The van der Waals surface area contributed by atoms with E-state index in [0.29, 0.717) is 44.5 Å². The summed E-state index contributed by atoms with van der Waals surface area (Å²) < 4.78 is 0. The molecule has 8 aromatic rings. The van der Waals surface area contributed by atoms with E-state index < -0.39 is 0 Å². The Labute approximate surface area is 277 Å². The molecule has 4 heteroatoms. The van der Waals surface area contributed by atoms with Crippen LogP contribution in [0.5, 0.6) is 23.0 Å². The molecule has 0 saturated carbocycles. The van der Waals surface area contributed by atoms with Gasteiger partial charge in [0, 0.05) is 44.5 Å². The molecular formula is C44H30O4. The van der Waals surface area contributed by atoms with E-state index in [2.05, 4.69) is 0 Å². The molecule has 0 bridgehead atoms. The molecule has 0 atom stereocenters. The third-order valence-corrected chi connectivity index (χ3v) is 9.12. The van der Waals surface area contributed by atoms with Crippen LogP contribution in [0, 0.1) is 0 Å². The van der Waals surface area contributed by atoms with Crippen molar-refractivity contribution in [3.05, 3.63) is 158 Å². The predicted molar refractivity (Wildman–Crippen MR) is 195 cm³/mol. The van der Waals surface area contributed by atoms with E-state index in [1.54, 1.807) is 12.1 Å². The average Bonchev–Trinajstić information content (AvgIpc) is 3.13. The Morgan fingerprint density at radius 3 is 1.04 bits per heavy atom. The summed E-state index contributed by atoms with van der Waals surface area (Å²) >= 11 is 0. The lowest BCUT2D eigenvalue weighted by Gasteiger charge is -2.20. The van der Waals surface area contributed by atoms with Gasteiger partial charge in [0.2, 0.25) is 0 Å². The van der Waals surface area contributed by atoms with Gasteiger partial charge in [-0.25, -0.2) is 0 Å². The minimum Gasteiger partial charge on any atom is -0.507 e. The molecule has 0 heterocycles. The van der Waals surface area contributed by atoms with Gasteiger partial charge in [-0.15, -0.1) is 0 Å². The Bertz CT molecular complexity index is 2310. The lowest BCUT2D eigenvalue weighted by Crippen LogP contribution is -1.93. The van der Waals surface area contributed by atoms with Crippen LogP contribution < -0.4 is 0 Å². The van der Waals surface area contributed by atoms with Gasteiger partial charge in [-0.1, -0.05) is 146 Å². The third-order valence-electron chi connectivity index (χ3n) is 9.12. The number of rotatable bonds is 5. The smallest absolute Gasteiger partial charge is 0.132 e. The standard InChI is InChI=1S/C44H30O4/c45-41-33(27-13-3-1-4-14-27)21-11-23-35(41)37-25-29-17-7-9-19-31(29)39(43(37)47)40-32-20-10-8-18-30(32)26-38(44(40)48)36-24-12-22-34(42(36)46)28-15-5-2-6-16-28/h1-26,45-48H. The molecule has 0 amide bonds. The average molecular weight is 623 g/mol. The Hall–Kier alpha value is -6.52. The van der Waals surface area contributed by atoms with Crippen LogP contribution in [0.4, 0.5) is 0 Å². The molecule has 0 aliphatic rings. The van der Waals surface area contributed by atoms with Crippen LogP contribution in [0.2, 0.25) is 0 Å². The Morgan fingerprint density at radius 1 is 0.271 bits per heavy atom. The number of para-hydroxylation sites is 2. The molecule has 0 aliphatic carbocycles. The number of benzene rings is 8. The number of hydrogen-bond donors (Lipinski definition) is 4. The molecule has 0 fully saturated rings. The van der Waals surface area contributed by atoms with Crippen LogP contribution in [0.25, 0.3) is 77.2 Å². The van der Waals surface area contributed by atoms with Gasteiger partial charge in [0.25, 0.3) is 0 Å². The number of fused-ring (bicyclic) bond motifs is 2. The largest absolute Gasteiger partial charge is 0.507 e. The van der Waals surface area contributed by atoms with E-state index in [0.717, 1.165) is 32.7 Å². The van der Waals surface area contributed by atoms with Crippen LogP contribution >= 0.6 is 0 Å². The highest BCUT2D eigenvalue weighted by atomic mass is 16.3. The topological polar surface area (TPSA) is 80.9 Å². The zero-order valence-corrected chi connectivity index (χ0v) is 25.8. The number of hydrogen-bond acceptors (Lipinski definition) is 4. The van der Waals surface area contributed by atoms with E-state index in [1.807, 2.05) is 146 Å². The van der Waals surface area contributed by atoms with Gasteiger partial charge in [0.05, 0.1) is 0 Å². The minimum atomic E-state index is -0.0749. The quantitative estimate of drug-likeness (QED) is 0.154. The van der Waals surface area contributed by atoms with Crippen LogP contribution in [0.3, 0.4) is 0 Å². The number of phenols is 4. The fourth-order valence-electron chi connectivity index (χ4n) is 6.81. The Kier molecular flexibility index (Phi) is 7.04. The number of aromatic hydroxyl groups is 4. The summed E-state index contributed by atoms with van der Waals surface area (Å²) in [7, 11) is 0. The first-order chi connectivity index (χ1) is 23.5. The summed E-state index contributed by atoms with van der Waals surface area (Å²) in [6.45, 7) is 0. The summed E-state index contributed by atoms with van der Waals surface area (Å²) in [4.78, 5) is 0. The molecule has 8 aromatic carbocycles. The maximum atomic E-state index is 12.3. The molecular weight excluding hydrogens is 592 g/mol. The maximum Gasteiger partial charge on any atom is 0.132 e. The summed E-state index contributed by atoms with van der Waals surface area (Å²) in [5, 5.41) is 51.0. The van der Waals surface area contributed by atoms with Crippen LogP contribution in [0.1, 0.15) is 0 Å². The van der Waals surface area contributed by atoms with Crippen molar-refractivity contribution in [2.75, 3.05) is 0 Å². The Morgan fingerprint density at radius 2 is 0.625 bits per heavy atom. The van der Waals surface area contributed by atoms with Crippen molar-refractivity contribution in [2.45, 2.75) is 0 Å². The second-order valence-electron chi connectivity index (χ2n) is 11.9. The van der Waals surface area contributed by atoms with Gasteiger partial charge in [-0.05, 0) is 44.8 Å². The van der Waals surface area contributed by atoms with E-state index in [9.17, 15) is 20.4 Å². The normalized spacial score (nSPS) is 11.2. The minimum absolute atomic E-state index is 0.0470. The van der Waals surface area contributed by atoms with Crippen LogP contribution in [-0.4, -0.2) is 20.4 Å². The highest BCUT2D eigenvalue weighted by Crippen LogP contribution is 2.54. The summed E-state index contributed by atoms with van der Waals surface area (Å²) in [5.41, 5.74) is 5.66. The Balaban J connectivity index is 1.43. The fourth-order valence-corrected chi connectivity index (χ4v) is 6.81. The van der Waals surface area contributed by atoms with Crippen molar-refractivity contribution in [3.8, 4) is 78.6 Å².